The standard InChI is InChI=1S/C18H10F3N5O2/c1-9-2-3-13(27-9)16-25-14(15-17(26-16)24-8-23-15)11-4-10(7-22)5-12(6-11)28-18(19,20)21/h2-6,8H,1H3,(H,23,24,25,26). The lowest BCUT2D eigenvalue weighted by atomic mass is 10.1. The highest BCUT2D eigenvalue weighted by molar-refractivity contribution is 5.89. The average molecular weight is 385 g/mol. The topological polar surface area (TPSA) is 101 Å². The molecule has 140 valence electrons. The number of aromatic amines is 1. The monoisotopic (exact) mass is 385 g/mol. The molecular weight excluding hydrogens is 375 g/mol. The first-order chi connectivity index (χ1) is 13.3. The highest BCUT2D eigenvalue weighted by Gasteiger charge is 2.31. The first kappa shape index (κ1) is 17.5. The van der Waals surface area contributed by atoms with Crippen molar-refractivity contribution in [3.63, 3.8) is 0 Å². The van der Waals surface area contributed by atoms with Crippen LogP contribution in [-0.2, 0) is 0 Å². The van der Waals surface area contributed by atoms with Gasteiger partial charge >= 0.3 is 6.36 Å². The molecule has 0 aliphatic heterocycles. The van der Waals surface area contributed by atoms with Gasteiger partial charge in [-0.05, 0) is 37.3 Å². The van der Waals surface area contributed by atoms with Crippen molar-refractivity contribution in [1.29, 1.82) is 5.26 Å². The van der Waals surface area contributed by atoms with E-state index < -0.39 is 12.1 Å². The molecule has 4 aromatic rings. The quantitative estimate of drug-likeness (QED) is 0.562. The predicted molar refractivity (Wildman–Crippen MR) is 91.0 cm³/mol. The molecule has 0 saturated carbocycles. The van der Waals surface area contributed by atoms with E-state index in [2.05, 4.69) is 24.7 Å². The summed E-state index contributed by atoms with van der Waals surface area (Å²) in [5, 5.41) is 9.19. The molecule has 0 aliphatic rings. The molecule has 28 heavy (non-hydrogen) atoms. The predicted octanol–water partition coefficient (Wildman–Crippen LogP) is 4.36. The molecule has 0 radical (unpaired) electrons. The maximum atomic E-state index is 12.6. The van der Waals surface area contributed by atoms with Crippen molar-refractivity contribution in [1.82, 2.24) is 19.9 Å². The van der Waals surface area contributed by atoms with Gasteiger partial charge in [0.1, 0.15) is 22.7 Å². The molecule has 0 spiro atoms. The second-order valence-electron chi connectivity index (χ2n) is 5.81. The molecule has 0 unspecified atom stereocenters. The van der Waals surface area contributed by atoms with Crippen LogP contribution in [-0.4, -0.2) is 26.3 Å². The van der Waals surface area contributed by atoms with E-state index in [-0.39, 0.29) is 22.6 Å². The van der Waals surface area contributed by atoms with Gasteiger partial charge in [0.2, 0.25) is 0 Å². The number of rotatable bonds is 3. The lowest BCUT2D eigenvalue weighted by molar-refractivity contribution is -0.274. The molecule has 3 heterocycles. The van der Waals surface area contributed by atoms with Crippen LogP contribution in [0.25, 0.3) is 34.0 Å². The van der Waals surface area contributed by atoms with Gasteiger partial charge in [-0.3, -0.25) is 0 Å². The zero-order valence-corrected chi connectivity index (χ0v) is 14.2. The van der Waals surface area contributed by atoms with Gasteiger partial charge in [-0.25, -0.2) is 15.0 Å². The minimum atomic E-state index is -4.89. The molecule has 0 amide bonds. The summed E-state index contributed by atoms with van der Waals surface area (Å²) >= 11 is 0. The zero-order chi connectivity index (χ0) is 19.9. The molecule has 1 N–H and O–H groups in total. The van der Waals surface area contributed by atoms with E-state index in [4.69, 9.17) is 4.42 Å². The number of nitrogens with zero attached hydrogens (tertiary/aromatic N) is 4. The van der Waals surface area contributed by atoms with E-state index >= 15 is 0 Å². The molecule has 3 aromatic heterocycles. The van der Waals surface area contributed by atoms with E-state index in [9.17, 15) is 18.4 Å². The second kappa shape index (κ2) is 6.38. The Morgan fingerprint density at radius 2 is 2.00 bits per heavy atom. The number of aryl methyl sites for hydroxylation is 1. The van der Waals surface area contributed by atoms with E-state index in [0.29, 0.717) is 22.7 Å². The minimum Gasteiger partial charge on any atom is -0.458 e. The third kappa shape index (κ3) is 3.37. The van der Waals surface area contributed by atoms with Crippen LogP contribution in [0.4, 0.5) is 13.2 Å². The fourth-order valence-corrected chi connectivity index (χ4v) is 2.70. The summed E-state index contributed by atoms with van der Waals surface area (Å²) < 4.78 is 47.4. The fraction of sp³-hybridized carbons (Fsp3) is 0.111. The Kier molecular flexibility index (Phi) is 4.00. The van der Waals surface area contributed by atoms with E-state index in [1.54, 1.807) is 19.1 Å². The average Bonchev–Trinajstić information content (AvgIpc) is 3.27. The maximum absolute atomic E-state index is 12.6. The summed E-state index contributed by atoms with van der Waals surface area (Å²) in [6.45, 7) is 1.76. The SMILES string of the molecule is Cc1ccc(-c2nc(-c3cc(C#N)cc(OC(F)(F)F)c3)c3[nH]cnc3n2)o1. The number of nitriles is 1. The van der Waals surface area contributed by atoms with Crippen molar-refractivity contribution < 1.29 is 22.3 Å². The number of hydrogen-bond donors (Lipinski definition) is 1. The Morgan fingerprint density at radius 3 is 2.68 bits per heavy atom. The summed E-state index contributed by atoms with van der Waals surface area (Å²) in [5.74, 6) is 0.716. The first-order valence-corrected chi connectivity index (χ1v) is 7.91. The van der Waals surface area contributed by atoms with Crippen molar-refractivity contribution >= 4 is 11.2 Å². The number of nitrogens with one attached hydrogen (secondary N) is 1. The lowest BCUT2D eigenvalue weighted by Gasteiger charge is -2.11. The van der Waals surface area contributed by atoms with Crippen molar-refractivity contribution in [2.75, 3.05) is 0 Å². The molecule has 0 bridgehead atoms. The summed E-state index contributed by atoms with van der Waals surface area (Å²) in [5.41, 5.74) is 1.18. The van der Waals surface area contributed by atoms with Gasteiger partial charge in [0.25, 0.3) is 0 Å². The Morgan fingerprint density at radius 1 is 1.18 bits per heavy atom. The van der Waals surface area contributed by atoms with Gasteiger partial charge < -0.3 is 14.1 Å². The Labute approximate surface area is 155 Å². The van der Waals surface area contributed by atoms with Crippen molar-refractivity contribution in [3.8, 4) is 34.7 Å². The van der Waals surface area contributed by atoms with Crippen molar-refractivity contribution in [2.45, 2.75) is 13.3 Å². The molecule has 0 fully saturated rings. The first-order valence-electron chi connectivity index (χ1n) is 7.91. The van der Waals surface area contributed by atoms with E-state index in [0.717, 1.165) is 12.1 Å². The minimum absolute atomic E-state index is 0.0154. The Bertz CT molecular complexity index is 1220. The summed E-state index contributed by atoms with van der Waals surface area (Å²) in [7, 11) is 0. The highest BCUT2D eigenvalue weighted by Crippen LogP contribution is 2.32. The third-order valence-electron chi connectivity index (χ3n) is 3.79. The van der Waals surface area contributed by atoms with Gasteiger partial charge in [0.15, 0.2) is 17.2 Å². The lowest BCUT2D eigenvalue weighted by Crippen LogP contribution is -2.17. The molecule has 10 heteroatoms. The summed E-state index contributed by atoms with van der Waals surface area (Å²) in [4.78, 5) is 15.7. The number of halogens is 3. The summed E-state index contributed by atoms with van der Waals surface area (Å²) in [6, 6.07) is 8.78. The van der Waals surface area contributed by atoms with Gasteiger partial charge in [-0.2, -0.15) is 5.26 Å². The number of hydrogen-bond acceptors (Lipinski definition) is 6. The maximum Gasteiger partial charge on any atom is 0.573 e. The number of fused-ring (bicyclic) bond motifs is 1. The number of alkyl halides is 3. The van der Waals surface area contributed by atoms with Crippen LogP contribution in [0.2, 0.25) is 0 Å². The molecule has 4 rings (SSSR count). The smallest absolute Gasteiger partial charge is 0.458 e. The van der Waals surface area contributed by atoms with Gasteiger partial charge in [0.05, 0.1) is 18.0 Å². The van der Waals surface area contributed by atoms with Gasteiger partial charge in [-0.1, -0.05) is 0 Å². The van der Waals surface area contributed by atoms with Crippen LogP contribution in [0.5, 0.6) is 5.75 Å². The highest BCUT2D eigenvalue weighted by atomic mass is 19.4. The number of imidazole rings is 1. The number of H-pyrrole nitrogens is 1. The number of furan rings is 1. The zero-order valence-electron chi connectivity index (χ0n) is 14.2. The Hall–Kier alpha value is -3.87. The molecule has 1 aromatic carbocycles. The van der Waals surface area contributed by atoms with Crippen LogP contribution >= 0.6 is 0 Å². The molecule has 0 atom stereocenters. The number of benzene rings is 1. The van der Waals surface area contributed by atoms with Gasteiger partial charge in [-0.15, -0.1) is 13.2 Å². The van der Waals surface area contributed by atoms with E-state index in [1.165, 1.54) is 12.4 Å². The van der Waals surface area contributed by atoms with Gasteiger partial charge in [0, 0.05) is 5.56 Å². The van der Waals surface area contributed by atoms with Crippen molar-refractivity contribution in [3.05, 3.63) is 48.0 Å². The largest absolute Gasteiger partial charge is 0.573 e. The van der Waals surface area contributed by atoms with Crippen molar-refractivity contribution in [2.24, 2.45) is 0 Å². The van der Waals surface area contributed by atoms with Crippen LogP contribution in [0, 0.1) is 18.3 Å². The molecule has 7 nitrogen and oxygen atoms in total. The third-order valence-corrected chi connectivity index (χ3v) is 3.79. The second-order valence-corrected chi connectivity index (χ2v) is 5.81. The van der Waals surface area contributed by atoms with Crippen LogP contribution in [0.15, 0.2) is 41.1 Å². The molecule has 0 saturated heterocycles. The molecular formula is C18H10F3N5O2. The number of aromatic nitrogens is 4. The fourth-order valence-electron chi connectivity index (χ4n) is 2.70. The van der Waals surface area contributed by atoms with Crippen LogP contribution < -0.4 is 4.74 Å². The van der Waals surface area contributed by atoms with Crippen LogP contribution in [0.1, 0.15) is 11.3 Å². The number of ether oxygens (including phenoxy) is 1. The normalized spacial score (nSPS) is 11.5. The van der Waals surface area contributed by atoms with E-state index in [1.807, 2.05) is 6.07 Å². The molecule has 0 aliphatic carbocycles. The van der Waals surface area contributed by atoms with Crippen LogP contribution in [0.3, 0.4) is 0 Å². The summed E-state index contributed by atoms with van der Waals surface area (Å²) in [6.07, 6.45) is -3.50. The Balaban J connectivity index is 1.92.